The summed E-state index contributed by atoms with van der Waals surface area (Å²) in [6.45, 7) is 1.27. The van der Waals surface area contributed by atoms with Gasteiger partial charge in [-0.15, -0.1) is 0 Å². The molecule has 2 aromatic carbocycles. The summed E-state index contributed by atoms with van der Waals surface area (Å²) in [7, 11) is 0. The molecule has 0 aliphatic carbocycles. The highest BCUT2D eigenvalue weighted by Crippen LogP contribution is 2.25. The number of rotatable bonds is 6. The zero-order valence-electron chi connectivity index (χ0n) is 14.1. The van der Waals surface area contributed by atoms with Gasteiger partial charge in [0.25, 0.3) is 0 Å². The van der Waals surface area contributed by atoms with Gasteiger partial charge >= 0.3 is 0 Å². The minimum atomic E-state index is 0.504. The van der Waals surface area contributed by atoms with E-state index >= 15 is 0 Å². The van der Waals surface area contributed by atoms with E-state index in [9.17, 15) is 0 Å². The Morgan fingerprint density at radius 3 is 2.77 bits per heavy atom. The molecule has 0 fully saturated rings. The van der Waals surface area contributed by atoms with Crippen LogP contribution in [0.2, 0.25) is 0 Å². The van der Waals surface area contributed by atoms with E-state index in [0.717, 1.165) is 40.9 Å². The Bertz CT molecular complexity index is 1090. The molecule has 2 aromatic heterocycles. The third kappa shape index (κ3) is 3.03. The fourth-order valence-electron chi connectivity index (χ4n) is 3.00. The number of anilines is 1. The highest BCUT2D eigenvalue weighted by atomic mass is 15.1. The van der Waals surface area contributed by atoms with Gasteiger partial charge in [0.05, 0.1) is 16.7 Å². The van der Waals surface area contributed by atoms with Crippen LogP contribution < -0.4 is 5.32 Å². The van der Waals surface area contributed by atoms with Crippen LogP contribution in [-0.4, -0.2) is 27.5 Å². The molecule has 4 rings (SSSR count). The molecular formula is C19H17N7. The minimum absolute atomic E-state index is 0.504. The number of nitrogens with one attached hydrogen (secondary N) is 1. The average Bonchev–Trinajstić information content (AvgIpc) is 3.07. The number of imidazole rings is 1. The molecule has 0 atom stereocenters. The number of fused-ring (bicyclic) bond motifs is 3. The smallest absolute Gasteiger partial charge is 0.235 e. The van der Waals surface area contributed by atoms with Crippen molar-refractivity contribution < 1.29 is 0 Å². The standard InChI is InChI=1S/C19H17N7/c20-25-23-12-3-11-21-15-8-6-14(7-9-15)17-10-13-22-19-24-16-4-1-2-5-18(16)26(17)19/h1-2,4-10,13,21H,3,11-12H2. The summed E-state index contributed by atoms with van der Waals surface area (Å²) in [5.74, 6) is 0.698. The van der Waals surface area contributed by atoms with Crippen molar-refractivity contribution in [1.29, 1.82) is 0 Å². The SMILES string of the molecule is [N-]=[N+]=NCCCNc1ccc(-c2ccnc3nc4ccccc4n23)cc1. The minimum Gasteiger partial charge on any atom is -0.385 e. The van der Waals surface area contributed by atoms with Crippen LogP contribution >= 0.6 is 0 Å². The van der Waals surface area contributed by atoms with E-state index in [1.807, 2.05) is 36.4 Å². The zero-order valence-corrected chi connectivity index (χ0v) is 14.1. The molecule has 2 heterocycles. The third-order valence-corrected chi connectivity index (χ3v) is 4.21. The second-order valence-corrected chi connectivity index (χ2v) is 5.88. The molecule has 0 bridgehead atoms. The lowest BCUT2D eigenvalue weighted by molar-refractivity contribution is 0.867. The maximum atomic E-state index is 8.27. The maximum Gasteiger partial charge on any atom is 0.235 e. The van der Waals surface area contributed by atoms with Crippen LogP contribution in [0.5, 0.6) is 0 Å². The molecule has 0 amide bonds. The van der Waals surface area contributed by atoms with Gasteiger partial charge in [0.1, 0.15) is 0 Å². The number of para-hydroxylation sites is 2. The monoisotopic (exact) mass is 343 g/mol. The van der Waals surface area contributed by atoms with Crippen molar-refractivity contribution in [1.82, 2.24) is 14.4 Å². The van der Waals surface area contributed by atoms with E-state index in [-0.39, 0.29) is 0 Å². The Hall–Kier alpha value is -3.57. The predicted octanol–water partition coefficient (Wildman–Crippen LogP) is 4.66. The number of benzene rings is 2. The Morgan fingerprint density at radius 2 is 1.92 bits per heavy atom. The first-order valence-corrected chi connectivity index (χ1v) is 8.44. The van der Waals surface area contributed by atoms with Crippen molar-refractivity contribution in [3.63, 3.8) is 0 Å². The van der Waals surface area contributed by atoms with Crippen molar-refractivity contribution in [3.05, 3.63) is 71.2 Å². The Balaban J connectivity index is 1.62. The first-order valence-electron chi connectivity index (χ1n) is 8.44. The van der Waals surface area contributed by atoms with Crippen molar-refractivity contribution in [2.45, 2.75) is 6.42 Å². The lowest BCUT2D eigenvalue weighted by atomic mass is 10.1. The fraction of sp³-hybridized carbons (Fsp3) is 0.158. The Kier molecular flexibility index (Phi) is 4.37. The largest absolute Gasteiger partial charge is 0.385 e. The molecule has 0 unspecified atom stereocenters. The van der Waals surface area contributed by atoms with Gasteiger partial charge in [-0.3, -0.25) is 4.40 Å². The second-order valence-electron chi connectivity index (χ2n) is 5.88. The van der Waals surface area contributed by atoms with Gasteiger partial charge < -0.3 is 5.32 Å². The molecule has 0 saturated carbocycles. The summed E-state index contributed by atoms with van der Waals surface area (Å²) in [6, 6.07) is 18.3. The lowest BCUT2D eigenvalue weighted by Gasteiger charge is -2.09. The van der Waals surface area contributed by atoms with Gasteiger partial charge in [0.15, 0.2) is 0 Å². The molecule has 0 radical (unpaired) electrons. The summed E-state index contributed by atoms with van der Waals surface area (Å²) < 4.78 is 2.08. The average molecular weight is 343 g/mol. The topological polar surface area (TPSA) is 91.0 Å². The number of hydrogen-bond acceptors (Lipinski definition) is 4. The maximum absolute atomic E-state index is 8.27. The quantitative estimate of drug-likeness (QED) is 0.239. The molecular weight excluding hydrogens is 326 g/mol. The molecule has 1 N–H and O–H groups in total. The summed E-state index contributed by atoms with van der Waals surface area (Å²) in [5, 5.41) is 6.86. The normalized spacial score (nSPS) is 10.8. The molecule has 26 heavy (non-hydrogen) atoms. The summed E-state index contributed by atoms with van der Waals surface area (Å²) in [6.07, 6.45) is 2.59. The van der Waals surface area contributed by atoms with E-state index < -0.39 is 0 Å². The predicted molar refractivity (Wildman–Crippen MR) is 103 cm³/mol. The third-order valence-electron chi connectivity index (χ3n) is 4.21. The summed E-state index contributed by atoms with van der Waals surface area (Å²) in [4.78, 5) is 11.7. The van der Waals surface area contributed by atoms with Crippen LogP contribution in [0.4, 0.5) is 5.69 Å². The van der Waals surface area contributed by atoms with Crippen LogP contribution in [-0.2, 0) is 0 Å². The number of nitrogens with zero attached hydrogens (tertiary/aromatic N) is 6. The van der Waals surface area contributed by atoms with E-state index in [4.69, 9.17) is 5.53 Å². The van der Waals surface area contributed by atoms with Gasteiger partial charge in [-0.05, 0) is 47.8 Å². The highest BCUT2D eigenvalue weighted by Gasteiger charge is 2.10. The van der Waals surface area contributed by atoms with Crippen LogP contribution in [0.1, 0.15) is 6.42 Å². The lowest BCUT2D eigenvalue weighted by Crippen LogP contribution is -2.02. The molecule has 128 valence electrons. The molecule has 0 aliphatic heterocycles. The van der Waals surface area contributed by atoms with Crippen molar-refractivity contribution in [3.8, 4) is 11.3 Å². The number of azide groups is 1. The van der Waals surface area contributed by atoms with Gasteiger partial charge in [-0.2, -0.15) is 0 Å². The number of aromatic nitrogens is 3. The molecule has 0 aliphatic rings. The van der Waals surface area contributed by atoms with Gasteiger partial charge in [-0.25, -0.2) is 9.97 Å². The van der Waals surface area contributed by atoms with Gasteiger partial charge in [0.2, 0.25) is 5.78 Å². The van der Waals surface area contributed by atoms with Gasteiger partial charge in [-0.1, -0.05) is 29.4 Å². The van der Waals surface area contributed by atoms with Crippen molar-refractivity contribution in [2.24, 2.45) is 5.11 Å². The van der Waals surface area contributed by atoms with Gasteiger partial charge in [0, 0.05) is 29.9 Å². The summed E-state index contributed by atoms with van der Waals surface area (Å²) in [5.41, 5.74) is 13.4. The summed E-state index contributed by atoms with van der Waals surface area (Å²) >= 11 is 0. The first kappa shape index (κ1) is 15.9. The van der Waals surface area contributed by atoms with Crippen LogP contribution in [0, 0.1) is 0 Å². The fourth-order valence-corrected chi connectivity index (χ4v) is 3.00. The Labute approximate surface area is 150 Å². The molecule has 7 nitrogen and oxygen atoms in total. The van der Waals surface area contributed by atoms with Crippen LogP contribution in [0.3, 0.4) is 0 Å². The Morgan fingerprint density at radius 1 is 1.08 bits per heavy atom. The second kappa shape index (κ2) is 7.13. The van der Waals surface area contributed by atoms with E-state index in [2.05, 4.69) is 47.9 Å². The van der Waals surface area contributed by atoms with Crippen molar-refractivity contribution >= 4 is 22.5 Å². The van der Waals surface area contributed by atoms with Crippen LogP contribution in [0.15, 0.2) is 65.9 Å². The number of hydrogen-bond donors (Lipinski definition) is 1. The van der Waals surface area contributed by atoms with E-state index in [0.29, 0.717) is 12.3 Å². The first-order chi connectivity index (χ1) is 12.9. The molecule has 4 aromatic rings. The van der Waals surface area contributed by atoms with E-state index in [1.165, 1.54) is 0 Å². The van der Waals surface area contributed by atoms with Crippen molar-refractivity contribution in [2.75, 3.05) is 18.4 Å². The molecule has 0 spiro atoms. The van der Waals surface area contributed by atoms with Crippen LogP contribution in [0.25, 0.3) is 38.5 Å². The van der Waals surface area contributed by atoms with E-state index in [1.54, 1.807) is 6.20 Å². The molecule has 7 heteroatoms. The zero-order chi connectivity index (χ0) is 17.8. The highest BCUT2D eigenvalue weighted by molar-refractivity contribution is 5.82. The molecule has 0 saturated heterocycles.